The van der Waals surface area contributed by atoms with Gasteiger partial charge in [0.15, 0.2) is 0 Å². The molecule has 1 N–H and O–H groups in total. The molecule has 17 heavy (non-hydrogen) atoms. The molecule has 5 nitrogen and oxygen atoms in total. The molecule has 0 saturated heterocycles. The molecule has 0 heterocycles. The van der Waals surface area contributed by atoms with Gasteiger partial charge in [-0.05, 0) is 23.9 Å². The second-order valence-corrected chi connectivity index (χ2v) is 3.67. The molecule has 0 atom stereocenters. The Hall–Kier alpha value is -2.00. The molecule has 0 bridgehead atoms. The van der Waals surface area contributed by atoms with Crippen LogP contribution in [0.15, 0.2) is 35.4 Å². The lowest BCUT2D eigenvalue weighted by Gasteiger charge is -2.04. The normalized spacial score (nSPS) is 9.41. The Kier molecular flexibility index (Phi) is 6.29. The van der Waals surface area contributed by atoms with Gasteiger partial charge >= 0.3 is 0 Å². The van der Waals surface area contributed by atoms with E-state index in [0.717, 1.165) is 18.4 Å². The maximum absolute atomic E-state index is 11.5. The average Bonchev–Trinajstić information content (AvgIpc) is 2.35. The maximum Gasteiger partial charge on any atom is 0.224 e. The van der Waals surface area contributed by atoms with Crippen LogP contribution in [0.5, 0.6) is 0 Å². The van der Waals surface area contributed by atoms with Crippen molar-refractivity contribution in [3.63, 3.8) is 0 Å². The van der Waals surface area contributed by atoms with Crippen molar-refractivity contribution >= 4 is 5.91 Å². The van der Waals surface area contributed by atoms with E-state index in [4.69, 9.17) is 5.53 Å². The second kappa shape index (κ2) is 8.19. The van der Waals surface area contributed by atoms with Crippen molar-refractivity contribution in [2.45, 2.75) is 19.3 Å². The van der Waals surface area contributed by atoms with Crippen LogP contribution < -0.4 is 5.32 Å². The van der Waals surface area contributed by atoms with Gasteiger partial charge in [0.25, 0.3) is 0 Å². The summed E-state index contributed by atoms with van der Waals surface area (Å²) in [6.45, 7) is 1.12. The van der Waals surface area contributed by atoms with E-state index in [0.29, 0.717) is 19.5 Å². The van der Waals surface area contributed by atoms with Crippen molar-refractivity contribution in [2.24, 2.45) is 5.11 Å². The van der Waals surface area contributed by atoms with Crippen LogP contribution in [0.1, 0.15) is 18.4 Å². The minimum Gasteiger partial charge on any atom is -0.356 e. The Morgan fingerprint density at radius 1 is 1.29 bits per heavy atom. The number of hydrogen-bond acceptors (Lipinski definition) is 2. The molecule has 0 saturated carbocycles. The zero-order valence-corrected chi connectivity index (χ0v) is 9.67. The molecule has 5 heteroatoms. The summed E-state index contributed by atoms with van der Waals surface area (Å²) in [6, 6.07) is 9.63. The molecule has 1 aromatic carbocycles. The van der Waals surface area contributed by atoms with E-state index >= 15 is 0 Å². The topological polar surface area (TPSA) is 77.9 Å². The lowest BCUT2D eigenvalue weighted by Crippen LogP contribution is -2.26. The number of carbonyl (C=O) groups excluding carboxylic acids is 1. The number of azide groups is 1. The number of nitrogens with one attached hydrogen (secondary N) is 1. The van der Waals surface area contributed by atoms with Crippen molar-refractivity contribution < 1.29 is 4.79 Å². The minimum atomic E-state index is 0.0278. The Morgan fingerprint density at radius 3 is 2.76 bits per heavy atom. The van der Waals surface area contributed by atoms with Gasteiger partial charge in [0.05, 0.1) is 6.42 Å². The van der Waals surface area contributed by atoms with E-state index in [1.54, 1.807) is 0 Å². The zero-order chi connectivity index (χ0) is 12.3. The van der Waals surface area contributed by atoms with Gasteiger partial charge in [0.2, 0.25) is 5.91 Å². The van der Waals surface area contributed by atoms with E-state index < -0.39 is 0 Å². The van der Waals surface area contributed by atoms with Gasteiger partial charge in [0, 0.05) is 18.0 Å². The summed E-state index contributed by atoms with van der Waals surface area (Å²) in [7, 11) is 0. The van der Waals surface area contributed by atoms with Crippen LogP contribution in [0.25, 0.3) is 10.4 Å². The predicted molar refractivity (Wildman–Crippen MR) is 66.4 cm³/mol. The van der Waals surface area contributed by atoms with Crippen LogP contribution >= 0.6 is 0 Å². The van der Waals surface area contributed by atoms with E-state index in [9.17, 15) is 4.79 Å². The van der Waals surface area contributed by atoms with Crippen molar-refractivity contribution in [1.29, 1.82) is 0 Å². The monoisotopic (exact) mass is 232 g/mol. The van der Waals surface area contributed by atoms with E-state index in [1.165, 1.54) is 0 Å². The van der Waals surface area contributed by atoms with Crippen LogP contribution in [-0.2, 0) is 11.2 Å². The summed E-state index contributed by atoms with van der Waals surface area (Å²) < 4.78 is 0. The van der Waals surface area contributed by atoms with Gasteiger partial charge in [-0.1, -0.05) is 35.4 Å². The van der Waals surface area contributed by atoms with Crippen molar-refractivity contribution in [1.82, 2.24) is 5.32 Å². The first-order valence-corrected chi connectivity index (χ1v) is 5.64. The van der Waals surface area contributed by atoms with Gasteiger partial charge in [-0.2, -0.15) is 0 Å². The Bertz CT molecular complexity index is 385. The Morgan fingerprint density at radius 2 is 2.06 bits per heavy atom. The van der Waals surface area contributed by atoms with Crippen molar-refractivity contribution in [2.75, 3.05) is 13.1 Å². The zero-order valence-electron chi connectivity index (χ0n) is 9.67. The largest absolute Gasteiger partial charge is 0.356 e. The van der Waals surface area contributed by atoms with Gasteiger partial charge in [-0.3, -0.25) is 4.79 Å². The quantitative estimate of drug-likeness (QED) is 0.333. The first-order valence-electron chi connectivity index (χ1n) is 5.64. The highest BCUT2D eigenvalue weighted by Crippen LogP contribution is 1.99. The molecule has 0 spiro atoms. The summed E-state index contributed by atoms with van der Waals surface area (Å²) in [5.74, 6) is 0.0278. The third-order valence-electron chi connectivity index (χ3n) is 2.28. The number of benzene rings is 1. The fourth-order valence-corrected chi connectivity index (χ4v) is 1.42. The van der Waals surface area contributed by atoms with Crippen LogP contribution in [0.2, 0.25) is 0 Å². The number of amides is 1. The molecule has 1 rings (SSSR count). The van der Waals surface area contributed by atoms with Gasteiger partial charge in [-0.15, -0.1) is 0 Å². The molecular formula is C12H16N4O. The summed E-state index contributed by atoms with van der Waals surface area (Å²) in [5.41, 5.74) is 9.08. The fourth-order valence-electron chi connectivity index (χ4n) is 1.42. The highest BCUT2D eigenvalue weighted by Gasteiger charge is 2.01. The van der Waals surface area contributed by atoms with Crippen molar-refractivity contribution in [3.05, 3.63) is 46.3 Å². The Balaban J connectivity index is 2.11. The standard InChI is InChI=1S/C12H16N4O/c13-16-15-9-5-4-8-14-12(17)10-11-6-2-1-3-7-11/h1-3,6-7H,4-5,8-10H2,(H,14,17). The van der Waals surface area contributed by atoms with Gasteiger partial charge in [0.1, 0.15) is 0 Å². The van der Waals surface area contributed by atoms with Crippen LogP contribution in [-0.4, -0.2) is 19.0 Å². The summed E-state index contributed by atoms with van der Waals surface area (Å²) in [4.78, 5) is 14.2. The molecule has 0 radical (unpaired) electrons. The molecule has 0 aliphatic carbocycles. The summed E-state index contributed by atoms with van der Waals surface area (Å²) in [6.07, 6.45) is 2.05. The van der Waals surface area contributed by atoms with E-state index in [2.05, 4.69) is 15.3 Å². The smallest absolute Gasteiger partial charge is 0.224 e. The first kappa shape index (κ1) is 13.1. The predicted octanol–water partition coefficient (Wildman–Crippen LogP) is 2.44. The molecule has 1 aromatic rings. The average molecular weight is 232 g/mol. The fraction of sp³-hybridized carbons (Fsp3) is 0.417. The summed E-state index contributed by atoms with van der Waals surface area (Å²) >= 11 is 0. The molecule has 0 aliphatic heterocycles. The molecule has 90 valence electrons. The number of unbranched alkanes of at least 4 members (excludes halogenated alkanes) is 1. The molecule has 0 aliphatic rings. The maximum atomic E-state index is 11.5. The van der Waals surface area contributed by atoms with Crippen LogP contribution in [0.3, 0.4) is 0 Å². The number of hydrogen-bond donors (Lipinski definition) is 1. The molecular weight excluding hydrogens is 216 g/mol. The Labute approximate surface area is 100 Å². The molecule has 0 fully saturated rings. The number of carbonyl (C=O) groups is 1. The molecule has 0 aromatic heterocycles. The number of rotatable bonds is 7. The van der Waals surface area contributed by atoms with Crippen LogP contribution in [0.4, 0.5) is 0 Å². The van der Waals surface area contributed by atoms with Crippen molar-refractivity contribution in [3.8, 4) is 0 Å². The third kappa shape index (κ3) is 6.22. The third-order valence-corrected chi connectivity index (χ3v) is 2.28. The second-order valence-electron chi connectivity index (χ2n) is 3.67. The van der Waals surface area contributed by atoms with E-state index in [1.807, 2.05) is 30.3 Å². The molecule has 0 unspecified atom stereocenters. The highest BCUT2D eigenvalue weighted by molar-refractivity contribution is 5.78. The van der Waals surface area contributed by atoms with Gasteiger partial charge in [-0.25, -0.2) is 0 Å². The highest BCUT2D eigenvalue weighted by atomic mass is 16.1. The SMILES string of the molecule is [N-]=[N+]=NCCCCNC(=O)Cc1ccccc1. The lowest BCUT2D eigenvalue weighted by molar-refractivity contribution is -0.120. The van der Waals surface area contributed by atoms with Gasteiger partial charge < -0.3 is 5.32 Å². The van der Waals surface area contributed by atoms with Crippen LogP contribution in [0, 0.1) is 0 Å². The minimum absolute atomic E-state index is 0.0278. The molecule has 1 amide bonds. The lowest BCUT2D eigenvalue weighted by atomic mass is 10.1. The van der Waals surface area contributed by atoms with E-state index in [-0.39, 0.29) is 5.91 Å². The first-order chi connectivity index (χ1) is 8.33. The summed E-state index contributed by atoms with van der Waals surface area (Å²) in [5, 5.41) is 6.26. The number of nitrogens with zero attached hydrogens (tertiary/aromatic N) is 3.